The quantitative estimate of drug-likeness (QED) is 0.837. The zero-order valence-corrected chi connectivity index (χ0v) is 11.8. The molecule has 0 aliphatic heterocycles. The molecule has 8 heteroatoms. The summed E-state index contributed by atoms with van der Waals surface area (Å²) in [6, 6.07) is 2.25. The summed E-state index contributed by atoms with van der Waals surface area (Å²) in [5.74, 6) is -0.990. The van der Waals surface area contributed by atoms with Crippen molar-refractivity contribution < 1.29 is 21.2 Å². The fourth-order valence-corrected chi connectivity index (χ4v) is 3.37. The first-order valence-corrected chi connectivity index (χ1v) is 8.43. The Balaban J connectivity index is 3.42. The monoisotopic (exact) mass is 295 g/mol. The summed E-state index contributed by atoms with van der Waals surface area (Å²) in [5, 5.41) is 0. The first kappa shape index (κ1) is 15.1. The highest BCUT2D eigenvalue weighted by atomic mass is 32.2. The molecular weight excluding hydrogens is 281 g/mol. The van der Waals surface area contributed by atoms with Crippen LogP contribution >= 0.6 is 0 Å². The fraction of sp³-hybridized carbons (Fsp3) is 0.400. The van der Waals surface area contributed by atoms with Gasteiger partial charge in [0.15, 0.2) is 9.84 Å². The number of sulfone groups is 1. The van der Waals surface area contributed by atoms with Crippen LogP contribution in [0.1, 0.15) is 13.8 Å². The molecule has 0 saturated carbocycles. The van der Waals surface area contributed by atoms with Crippen LogP contribution in [-0.4, -0.2) is 29.1 Å². The van der Waals surface area contributed by atoms with Crippen molar-refractivity contribution in [1.29, 1.82) is 0 Å². The van der Waals surface area contributed by atoms with Gasteiger partial charge in [-0.15, -0.1) is 0 Å². The van der Waals surface area contributed by atoms with Crippen LogP contribution in [0.25, 0.3) is 0 Å². The molecule has 102 valence electrons. The molecule has 0 unspecified atom stereocenters. The summed E-state index contributed by atoms with van der Waals surface area (Å²) in [6.07, 6.45) is 0.923. The molecule has 0 bridgehead atoms. The topological polar surface area (TPSA) is 80.3 Å². The van der Waals surface area contributed by atoms with E-state index in [2.05, 4.69) is 4.72 Å². The van der Waals surface area contributed by atoms with Crippen LogP contribution in [0, 0.1) is 5.82 Å². The molecule has 0 atom stereocenters. The molecule has 0 saturated heterocycles. The molecule has 0 amide bonds. The molecular formula is C10H14FNO4S2. The SMILES string of the molecule is CC(C)NS(=O)(=O)c1cc(S(C)(=O)=O)ccc1F. The second kappa shape index (κ2) is 4.94. The van der Waals surface area contributed by atoms with E-state index < -0.39 is 36.6 Å². The maximum atomic E-state index is 13.5. The maximum Gasteiger partial charge on any atom is 0.243 e. The summed E-state index contributed by atoms with van der Waals surface area (Å²) in [7, 11) is -7.65. The summed E-state index contributed by atoms with van der Waals surface area (Å²) in [5.41, 5.74) is 0. The Bertz CT molecular complexity index is 650. The smallest absolute Gasteiger partial charge is 0.224 e. The molecule has 0 radical (unpaired) electrons. The van der Waals surface area contributed by atoms with Crippen molar-refractivity contribution in [2.24, 2.45) is 0 Å². The van der Waals surface area contributed by atoms with E-state index in [4.69, 9.17) is 0 Å². The Labute approximate surface area is 106 Å². The highest BCUT2D eigenvalue weighted by Crippen LogP contribution is 2.19. The lowest BCUT2D eigenvalue weighted by Gasteiger charge is -2.11. The van der Waals surface area contributed by atoms with Gasteiger partial charge in [-0.1, -0.05) is 0 Å². The molecule has 0 aliphatic carbocycles. The highest BCUT2D eigenvalue weighted by Gasteiger charge is 2.22. The van der Waals surface area contributed by atoms with E-state index in [1.54, 1.807) is 13.8 Å². The van der Waals surface area contributed by atoms with Gasteiger partial charge in [0, 0.05) is 12.3 Å². The second-order valence-corrected chi connectivity index (χ2v) is 7.84. The summed E-state index contributed by atoms with van der Waals surface area (Å²) in [6.45, 7) is 3.16. The molecule has 18 heavy (non-hydrogen) atoms. The van der Waals surface area contributed by atoms with Crippen molar-refractivity contribution in [3.05, 3.63) is 24.0 Å². The molecule has 1 rings (SSSR count). The molecule has 0 heterocycles. The third-order valence-electron chi connectivity index (χ3n) is 2.01. The number of rotatable bonds is 4. The molecule has 1 N–H and O–H groups in total. The third-order valence-corrected chi connectivity index (χ3v) is 4.80. The van der Waals surface area contributed by atoms with Crippen LogP contribution in [0.4, 0.5) is 4.39 Å². The number of hydrogen-bond acceptors (Lipinski definition) is 4. The van der Waals surface area contributed by atoms with Crippen LogP contribution < -0.4 is 4.72 Å². The first-order valence-electron chi connectivity index (χ1n) is 5.06. The van der Waals surface area contributed by atoms with E-state index in [1.807, 2.05) is 0 Å². The van der Waals surface area contributed by atoms with Gasteiger partial charge in [0.1, 0.15) is 10.7 Å². The Morgan fingerprint density at radius 1 is 1.17 bits per heavy atom. The fourth-order valence-electron chi connectivity index (χ4n) is 1.29. The van der Waals surface area contributed by atoms with Crippen molar-refractivity contribution >= 4 is 19.9 Å². The average Bonchev–Trinajstić information content (AvgIpc) is 2.13. The van der Waals surface area contributed by atoms with Gasteiger partial charge < -0.3 is 0 Å². The zero-order chi connectivity index (χ0) is 14.1. The lowest BCUT2D eigenvalue weighted by molar-refractivity contribution is 0.547. The van der Waals surface area contributed by atoms with Crippen molar-refractivity contribution in [2.45, 2.75) is 29.7 Å². The van der Waals surface area contributed by atoms with Crippen molar-refractivity contribution in [3.63, 3.8) is 0 Å². The Kier molecular flexibility index (Phi) is 4.14. The summed E-state index contributed by atoms with van der Waals surface area (Å²) < 4.78 is 61.9. The van der Waals surface area contributed by atoms with Crippen molar-refractivity contribution in [3.8, 4) is 0 Å². The molecule has 0 aromatic heterocycles. The predicted octanol–water partition coefficient (Wildman–Crippen LogP) is 0.916. The van der Waals surface area contributed by atoms with Crippen LogP contribution in [0.2, 0.25) is 0 Å². The van der Waals surface area contributed by atoms with Gasteiger partial charge in [-0.3, -0.25) is 0 Å². The van der Waals surface area contributed by atoms with E-state index in [0.29, 0.717) is 0 Å². The molecule has 0 fully saturated rings. The standard InChI is InChI=1S/C10H14FNO4S2/c1-7(2)12-18(15,16)10-6-8(17(3,13)14)4-5-9(10)11/h4-7,12H,1-3H3. The summed E-state index contributed by atoms with van der Waals surface area (Å²) >= 11 is 0. The van der Waals surface area contributed by atoms with Crippen LogP contribution in [0.3, 0.4) is 0 Å². The minimum Gasteiger partial charge on any atom is -0.224 e. The molecule has 0 spiro atoms. The Morgan fingerprint density at radius 3 is 2.17 bits per heavy atom. The lowest BCUT2D eigenvalue weighted by atomic mass is 10.3. The Hall–Kier alpha value is -0.990. The molecule has 1 aromatic rings. The van der Waals surface area contributed by atoms with Gasteiger partial charge in [0.2, 0.25) is 10.0 Å². The normalized spacial score (nSPS) is 12.9. The zero-order valence-electron chi connectivity index (χ0n) is 10.1. The van der Waals surface area contributed by atoms with Crippen LogP contribution in [0.15, 0.2) is 28.0 Å². The van der Waals surface area contributed by atoms with Gasteiger partial charge in [-0.2, -0.15) is 0 Å². The van der Waals surface area contributed by atoms with E-state index in [9.17, 15) is 21.2 Å². The maximum absolute atomic E-state index is 13.5. The Morgan fingerprint density at radius 2 is 1.72 bits per heavy atom. The number of sulfonamides is 1. The first-order chi connectivity index (χ1) is 8.04. The van der Waals surface area contributed by atoms with E-state index in [1.165, 1.54) is 0 Å². The van der Waals surface area contributed by atoms with Crippen LogP contribution in [0.5, 0.6) is 0 Å². The van der Waals surface area contributed by atoms with Gasteiger partial charge in [0.05, 0.1) is 4.90 Å². The van der Waals surface area contributed by atoms with Gasteiger partial charge >= 0.3 is 0 Å². The largest absolute Gasteiger partial charge is 0.243 e. The van der Waals surface area contributed by atoms with E-state index in [-0.39, 0.29) is 4.90 Å². The minimum atomic E-state index is -4.06. The van der Waals surface area contributed by atoms with E-state index in [0.717, 1.165) is 24.5 Å². The molecule has 5 nitrogen and oxygen atoms in total. The number of halogens is 1. The molecule has 1 aromatic carbocycles. The minimum absolute atomic E-state index is 0.243. The number of benzene rings is 1. The predicted molar refractivity (Wildman–Crippen MR) is 65.0 cm³/mol. The molecule has 0 aliphatic rings. The lowest BCUT2D eigenvalue weighted by Crippen LogP contribution is -2.31. The van der Waals surface area contributed by atoms with Gasteiger partial charge in [0.25, 0.3) is 0 Å². The number of hydrogen-bond donors (Lipinski definition) is 1. The van der Waals surface area contributed by atoms with Crippen molar-refractivity contribution in [1.82, 2.24) is 4.72 Å². The average molecular weight is 295 g/mol. The highest BCUT2D eigenvalue weighted by molar-refractivity contribution is 7.91. The number of nitrogens with one attached hydrogen (secondary N) is 1. The van der Waals surface area contributed by atoms with Gasteiger partial charge in [-0.05, 0) is 32.0 Å². The summed E-state index contributed by atoms with van der Waals surface area (Å²) in [4.78, 5) is -0.910. The second-order valence-electron chi connectivity index (χ2n) is 4.14. The van der Waals surface area contributed by atoms with E-state index >= 15 is 0 Å². The third kappa shape index (κ3) is 3.50. The van der Waals surface area contributed by atoms with Gasteiger partial charge in [-0.25, -0.2) is 25.9 Å². The van der Waals surface area contributed by atoms with Crippen molar-refractivity contribution in [2.75, 3.05) is 6.26 Å². The van der Waals surface area contributed by atoms with Crippen LogP contribution in [-0.2, 0) is 19.9 Å².